The molecule has 0 spiro atoms. The Morgan fingerprint density at radius 3 is 2.93 bits per heavy atom. The molecule has 1 rings (SSSR count). The van der Waals surface area contributed by atoms with Gasteiger partial charge in [0.1, 0.15) is 11.6 Å². The maximum Gasteiger partial charge on any atom is 0.412 e. The van der Waals surface area contributed by atoms with Gasteiger partial charge >= 0.3 is 6.09 Å². The fourth-order valence-corrected chi connectivity index (χ4v) is 0.859. The lowest BCUT2D eigenvalue weighted by Crippen LogP contribution is -2.26. The molecule has 0 unspecified atom stereocenters. The molecule has 76 valence electrons. The molecule has 0 bridgehead atoms. The van der Waals surface area contributed by atoms with Crippen LogP contribution in [0.25, 0.3) is 0 Å². The van der Waals surface area contributed by atoms with E-state index in [4.69, 9.17) is 10.5 Å². The van der Waals surface area contributed by atoms with E-state index >= 15 is 0 Å². The summed E-state index contributed by atoms with van der Waals surface area (Å²) in [5.74, 6) is -0.477. The van der Waals surface area contributed by atoms with E-state index in [-0.39, 0.29) is 11.4 Å². The molecule has 0 fully saturated rings. The number of halogens is 1. The lowest BCUT2D eigenvalue weighted by molar-refractivity contribution is 0.201. The fourth-order valence-electron chi connectivity index (χ4n) is 0.859. The highest BCUT2D eigenvalue weighted by Crippen LogP contribution is 2.17. The van der Waals surface area contributed by atoms with Crippen molar-refractivity contribution < 1.29 is 13.9 Å². The molecule has 3 N–H and O–H groups in total. The van der Waals surface area contributed by atoms with Gasteiger partial charge in [-0.05, 0) is 19.1 Å². The summed E-state index contributed by atoms with van der Waals surface area (Å²) in [6, 6.07) is 3.82. The average molecular weight is 198 g/mol. The molecule has 5 heteroatoms. The maximum absolute atomic E-state index is 12.9. The molecular weight excluding hydrogens is 187 g/mol. The maximum atomic E-state index is 12.9. The quantitative estimate of drug-likeness (QED) is 0.708. The summed E-state index contributed by atoms with van der Waals surface area (Å²) >= 11 is 0. The first-order valence-electron chi connectivity index (χ1n) is 4.14. The van der Waals surface area contributed by atoms with Crippen molar-refractivity contribution in [3.05, 3.63) is 24.0 Å². The minimum absolute atomic E-state index is 0.0215. The van der Waals surface area contributed by atoms with Crippen molar-refractivity contribution in [2.24, 2.45) is 0 Å². The van der Waals surface area contributed by atoms with Crippen LogP contribution in [-0.4, -0.2) is 12.6 Å². The van der Waals surface area contributed by atoms with E-state index in [2.05, 4.69) is 5.32 Å². The van der Waals surface area contributed by atoms with Crippen molar-refractivity contribution in [1.29, 1.82) is 0 Å². The first kappa shape index (κ1) is 10.3. The standard InChI is InChI=1S/C9H11FN2O2/c1-2-12-9(13)14-6-3-4-8(11)7(10)5-6/h3-5H,2,11H2,1H3,(H,12,13). The van der Waals surface area contributed by atoms with Gasteiger partial charge in [-0.3, -0.25) is 0 Å². The number of amides is 1. The Balaban J connectivity index is 2.68. The molecule has 0 saturated heterocycles. The molecule has 1 amide bonds. The van der Waals surface area contributed by atoms with Gasteiger partial charge in [0.2, 0.25) is 0 Å². The van der Waals surface area contributed by atoms with Gasteiger partial charge in [0.15, 0.2) is 0 Å². The monoisotopic (exact) mass is 198 g/mol. The van der Waals surface area contributed by atoms with Gasteiger partial charge in [0, 0.05) is 12.6 Å². The first-order valence-corrected chi connectivity index (χ1v) is 4.14. The minimum atomic E-state index is -0.614. The lowest BCUT2D eigenvalue weighted by atomic mass is 10.3. The van der Waals surface area contributed by atoms with Crippen LogP contribution in [-0.2, 0) is 0 Å². The number of anilines is 1. The molecule has 0 saturated carbocycles. The van der Waals surface area contributed by atoms with Gasteiger partial charge in [0.25, 0.3) is 0 Å². The van der Waals surface area contributed by atoms with Gasteiger partial charge < -0.3 is 15.8 Å². The molecule has 1 aromatic carbocycles. The van der Waals surface area contributed by atoms with E-state index in [0.717, 1.165) is 6.07 Å². The summed E-state index contributed by atoms with van der Waals surface area (Å²) in [6.07, 6.45) is -0.614. The Morgan fingerprint density at radius 1 is 1.64 bits per heavy atom. The summed E-state index contributed by atoms with van der Waals surface area (Å²) < 4.78 is 17.6. The number of carbonyl (C=O) groups excluding carboxylic acids is 1. The van der Waals surface area contributed by atoms with E-state index in [1.807, 2.05) is 0 Å². The highest BCUT2D eigenvalue weighted by molar-refractivity contribution is 5.70. The second-order valence-electron chi connectivity index (χ2n) is 2.60. The van der Waals surface area contributed by atoms with Crippen LogP contribution in [0.2, 0.25) is 0 Å². The molecule has 0 radical (unpaired) electrons. The number of ether oxygens (including phenoxy) is 1. The number of benzene rings is 1. The molecule has 4 nitrogen and oxygen atoms in total. The zero-order chi connectivity index (χ0) is 10.6. The van der Waals surface area contributed by atoms with E-state index in [9.17, 15) is 9.18 Å². The van der Waals surface area contributed by atoms with E-state index in [1.165, 1.54) is 12.1 Å². The van der Waals surface area contributed by atoms with Crippen LogP contribution >= 0.6 is 0 Å². The van der Waals surface area contributed by atoms with Gasteiger partial charge in [-0.1, -0.05) is 0 Å². The van der Waals surface area contributed by atoms with E-state index < -0.39 is 11.9 Å². The van der Waals surface area contributed by atoms with Crippen LogP contribution in [0.4, 0.5) is 14.9 Å². The second-order valence-corrected chi connectivity index (χ2v) is 2.60. The third kappa shape index (κ3) is 2.62. The van der Waals surface area contributed by atoms with Gasteiger partial charge in [-0.25, -0.2) is 9.18 Å². The van der Waals surface area contributed by atoms with Gasteiger partial charge in [-0.2, -0.15) is 0 Å². The van der Waals surface area contributed by atoms with Crippen molar-refractivity contribution in [2.45, 2.75) is 6.92 Å². The normalized spacial score (nSPS) is 9.57. The zero-order valence-corrected chi connectivity index (χ0v) is 7.71. The molecule has 0 atom stereocenters. The molecule has 14 heavy (non-hydrogen) atoms. The molecule has 0 heterocycles. The molecule has 0 aliphatic rings. The number of rotatable bonds is 2. The summed E-state index contributed by atoms with van der Waals surface area (Å²) in [7, 11) is 0. The van der Waals surface area contributed by atoms with Gasteiger partial charge in [-0.15, -0.1) is 0 Å². The van der Waals surface area contributed by atoms with E-state index in [1.54, 1.807) is 6.92 Å². The van der Waals surface area contributed by atoms with Crippen LogP contribution in [0.1, 0.15) is 6.92 Å². The third-order valence-electron chi connectivity index (χ3n) is 1.50. The van der Waals surface area contributed by atoms with Crippen LogP contribution in [0, 0.1) is 5.82 Å². The Hall–Kier alpha value is -1.78. The van der Waals surface area contributed by atoms with Crippen LogP contribution in [0.5, 0.6) is 5.75 Å². The predicted octanol–water partition coefficient (Wildman–Crippen LogP) is 1.52. The van der Waals surface area contributed by atoms with Crippen molar-refractivity contribution >= 4 is 11.8 Å². The third-order valence-corrected chi connectivity index (χ3v) is 1.50. The van der Waals surface area contributed by atoms with Crippen molar-refractivity contribution in [3.63, 3.8) is 0 Å². The number of carbonyl (C=O) groups is 1. The minimum Gasteiger partial charge on any atom is -0.410 e. The highest BCUT2D eigenvalue weighted by Gasteiger charge is 2.05. The zero-order valence-electron chi connectivity index (χ0n) is 7.71. The molecule has 0 aliphatic carbocycles. The summed E-state index contributed by atoms with van der Waals surface area (Å²) in [6.45, 7) is 2.21. The fraction of sp³-hybridized carbons (Fsp3) is 0.222. The van der Waals surface area contributed by atoms with Crippen LogP contribution < -0.4 is 15.8 Å². The van der Waals surface area contributed by atoms with Crippen LogP contribution in [0.3, 0.4) is 0 Å². The Kier molecular flexibility index (Phi) is 3.28. The predicted molar refractivity (Wildman–Crippen MR) is 50.5 cm³/mol. The Bertz CT molecular complexity index is 342. The van der Waals surface area contributed by atoms with Crippen molar-refractivity contribution in [3.8, 4) is 5.75 Å². The first-order chi connectivity index (χ1) is 6.63. The SMILES string of the molecule is CCNC(=O)Oc1ccc(N)c(F)c1. The Labute approximate surface area is 80.9 Å². The molecular formula is C9H11FN2O2. The van der Waals surface area contributed by atoms with Crippen molar-refractivity contribution in [1.82, 2.24) is 5.32 Å². The lowest BCUT2D eigenvalue weighted by Gasteiger charge is -2.05. The smallest absolute Gasteiger partial charge is 0.410 e. The number of hydrogen-bond acceptors (Lipinski definition) is 3. The summed E-state index contributed by atoms with van der Waals surface area (Å²) in [4.78, 5) is 10.9. The molecule has 0 aliphatic heterocycles. The molecule has 0 aromatic heterocycles. The largest absolute Gasteiger partial charge is 0.412 e. The average Bonchev–Trinajstić information content (AvgIpc) is 2.12. The number of nitrogen functional groups attached to an aromatic ring is 1. The number of hydrogen-bond donors (Lipinski definition) is 2. The Morgan fingerprint density at radius 2 is 2.36 bits per heavy atom. The van der Waals surface area contributed by atoms with Gasteiger partial charge in [0.05, 0.1) is 5.69 Å². The summed E-state index contributed by atoms with van der Waals surface area (Å²) in [5.41, 5.74) is 5.27. The topological polar surface area (TPSA) is 64.3 Å². The number of nitrogens with one attached hydrogen (secondary N) is 1. The van der Waals surface area contributed by atoms with Crippen LogP contribution in [0.15, 0.2) is 18.2 Å². The van der Waals surface area contributed by atoms with E-state index in [0.29, 0.717) is 6.54 Å². The molecule has 1 aromatic rings. The summed E-state index contributed by atoms with van der Waals surface area (Å²) in [5, 5.41) is 2.41. The number of nitrogens with two attached hydrogens (primary N) is 1. The second kappa shape index (κ2) is 4.45. The van der Waals surface area contributed by atoms with Crippen molar-refractivity contribution in [2.75, 3.05) is 12.3 Å². The highest BCUT2D eigenvalue weighted by atomic mass is 19.1.